The number of nitro groups is 1. The lowest BCUT2D eigenvalue weighted by atomic mass is 9.63. The van der Waals surface area contributed by atoms with E-state index in [0.717, 1.165) is 18.5 Å². The molecule has 1 fully saturated rings. The number of nitrogens with one attached hydrogen (secondary N) is 1. The summed E-state index contributed by atoms with van der Waals surface area (Å²) in [6.45, 7) is 9.07. The molecule has 2 bridgehead atoms. The van der Waals surface area contributed by atoms with Crippen LogP contribution in [0, 0.1) is 15.5 Å². The minimum Gasteiger partial charge on any atom is -0.355 e. The standard InChI is InChI=1S/C20H24N4O3/c1-5-10-21-17(25)20-9-8-19(4,18(20,2)3)15-16(20)23-14-11-12(24(26)27)6-7-13(14)22-15/h6-7,11H,5,8-10H2,1-4H3,(H,21,25). The van der Waals surface area contributed by atoms with Crippen molar-refractivity contribution in [2.24, 2.45) is 5.41 Å². The van der Waals surface area contributed by atoms with E-state index >= 15 is 0 Å². The first-order chi connectivity index (χ1) is 12.7. The van der Waals surface area contributed by atoms with Crippen molar-refractivity contribution in [1.29, 1.82) is 0 Å². The highest BCUT2D eigenvalue weighted by molar-refractivity contribution is 5.93. The summed E-state index contributed by atoms with van der Waals surface area (Å²) in [5.41, 5.74) is 1.30. The van der Waals surface area contributed by atoms with Crippen molar-refractivity contribution in [3.05, 3.63) is 39.7 Å². The second-order valence-electron chi connectivity index (χ2n) is 8.47. The zero-order chi connectivity index (χ0) is 19.6. The molecule has 1 amide bonds. The van der Waals surface area contributed by atoms with Gasteiger partial charge < -0.3 is 5.32 Å². The average molecular weight is 368 g/mol. The minimum absolute atomic E-state index is 0.00379. The van der Waals surface area contributed by atoms with Gasteiger partial charge in [0.15, 0.2) is 0 Å². The normalized spacial score (nSPS) is 27.6. The molecule has 0 radical (unpaired) electrons. The van der Waals surface area contributed by atoms with Crippen molar-refractivity contribution in [2.45, 2.75) is 57.8 Å². The fraction of sp³-hybridized carbons (Fsp3) is 0.550. The van der Waals surface area contributed by atoms with Gasteiger partial charge in [0.25, 0.3) is 5.69 Å². The maximum atomic E-state index is 13.3. The predicted molar refractivity (Wildman–Crippen MR) is 102 cm³/mol. The quantitative estimate of drug-likeness (QED) is 0.659. The van der Waals surface area contributed by atoms with Crippen molar-refractivity contribution in [2.75, 3.05) is 6.54 Å². The third-order valence-corrected chi connectivity index (χ3v) is 7.16. The lowest BCUT2D eigenvalue weighted by Crippen LogP contribution is -2.51. The van der Waals surface area contributed by atoms with Gasteiger partial charge in [0.2, 0.25) is 5.91 Å². The van der Waals surface area contributed by atoms with Gasteiger partial charge in [-0.15, -0.1) is 0 Å². The highest BCUT2D eigenvalue weighted by atomic mass is 16.6. The lowest BCUT2D eigenvalue weighted by molar-refractivity contribution is -0.384. The van der Waals surface area contributed by atoms with Crippen molar-refractivity contribution >= 4 is 22.6 Å². The Labute approximate surface area is 157 Å². The number of hydrogen-bond donors (Lipinski definition) is 1. The summed E-state index contributed by atoms with van der Waals surface area (Å²) in [7, 11) is 0. The number of hydrogen-bond acceptors (Lipinski definition) is 5. The van der Waals surface area contributed by atoms with E-state index in [-0.39, 0.29) is 22.4 Å². The van der Waals surface area contributed by atoms with Crippen LogP contribution in [-0.4, -0.2) is 27.3 Å². The maximum Gasteiger partial charge on any atom is 0.271 e. The van der Waals surface area contributed by atoms with E-state index in [1.807, 2.05) is 6.92 Å². The molecule has 1 saturated carbocycles. The second-order valence-corrected chi connectivity index (χ2v) is 8.47. The molecule has 2 atom stereocenters. The topological polar surface area (TPSA) is 98.0 Å². The Morgan fingerprint density at radius 1 is 1.19 bits per heavy atom. The molecule has 1 heterocycles. The Morgan fingerprint density at radius 3 is 2.56 bits per heavy atom. The molecule has 2 aliphatic rings. The Hall–Kier alpha value is -2.57. The molecule has 0 saturated heterocycles. The Balaban J connectivity index is 1.97. The van der Waals surface area contributed by atoms with Crippen LogP contribution in [-0.2, 0) is 15.6 Å². The Morgan fingerprint density at radius 2 is 1.89 bits per heavy atom. The maximum absolute atomic E-state index is 13.3. The largest absolute Gasteiger partial charge is 0.355 e. The van der Waals surface area contributed by atoms with Gasteiger partial charge in [0, 0.05) is 24.1 Å². The van der Waals surface area contributed by atoms with Gasteiger partial charge in [-0.05, 0) is 30.7 Å². The number of carbonyl (C=O) groups is 1. The van der Waals surface area contributed by atoms with Crippen LogP contribution in [0.5, 0.6) is 0 Å². The van der Waals surface area contributed by atoms with Gasteiger partial charge in [0.1, 0.15) is 0 Å². The van der Waals surface area contributed by atoms with Crippen LogP contribution >= 0.6 is 0 Å². The van der Waals surface area contributed by atoms with E-state index < -0.39 is 10.3 Å². The molecular weight excluding hydrogens is 344 g/mol. The van der Waals surface area contributed by atoms with Crippen LogP contribution in [0.25, 0.3) is 11.0 Å². The number of nitro benzene ring substituents is 1. The van der Waals surface area contributed by atoms with Crippen LogP contribution in [0.15, 0.2) is 18.2 Å². The monoisotopic (exact) mass is 368 g/mol. The minimum atomic E-state index is -0.752. The van der Waals surface area contributed by atoms with E-state index in [2.05, 4.69) is 26.1 Å². The van der Waals surface area contributed by atoms with Crippen LogP contribution in [0.4, 0.5) is 5.69 Å². The predicted octanol–water partition coefficient (Wildman–Crippen LogP) is 3.39. The SMILES string of the molecule is CCCNC(=O)C12CCC(C)(c3nc4ccc([N+](=O)[O-])cc4nc31)C2(C)C. The zero-order valence-electron chi connectivity index (χ0n) is 16.1. The summed E-state index contributed by atoms with van der Waals surface area (Å²) in [6.07, 6.45) is 2.45. The molecule has 2 aliphatic carbocycles. The molecule has 7 heteroatoms. The first-order valence-electron chi connectivity index (χ1n) is 9.44. The van der Waals surface area contributed by atoms with E-state index in [0.29, 0.717) is 29.7 Å². The fourth-order valence-electron chi connectivity index (χ4n) is 5.10. The van der Waals surface area contributed by atoms with Crippen LogP contribution < -0.4 is 5.32 Å². The molecule has 7 nitrogen and oxygen atoms in total. The highest BCUT2D eigenvalue weighted by Gasteiger charge is 2.73. The van der Waals surface area contributed by atoms with Crippen LogP contribution in [0.2, 0.25) is 0 Å². The van der Waals surface area contributed by atoms with Crippen molar-refractivity contribution in [1.82, 2.24) is 15.3 Å². The van der Waals surface area contributed by atoms with Crippen molar-refractivity contribution < 1.29 is 9.72 Å². The highest BCUT2D eigenvalue weighted by Crippen LogP contribution is 2.70. The number of rotatable bonds is 4. The number of amides is 1. The summed E-state index contributed by atoms with van der Waals surface area (Å²) in [5, 5.41) is 14.2. The summed E-state index contributed by atoms with van der Waals surface area (Å²) >= 11 is 0. The number of non-ortho nitro benzene ring substituents is 1. The average Bonchev–Trinajstić information content (AvgIpc) is 2.93. The fourth-order valence-corrected chi connectivity index (χ4v) is 5.10. The van der Waals surface area contributed by atoms with E-state index in [9.17, 15) is 14.9 Å². The third-order valence-electron chi connectivity index (χ3n) is 7.16. The van der Waals surface area contributed by atoms with Crippen molar-refractivity contribution in [3.8, 4) is 0 Å². The van der Waals surface area contributed by atoms with Crippen molar-refractivity contribution in [3.63, 3.8) is 0 Å². The first-order valence-corrected chi connectivity index (χ1v) is 9.44. The Kier molecular flexibility index (Phi) is 3.61. The molecule has 1 N–H and O–H groups in total. The molecule has 2 aromatic rings. The van der Waals surface area contributed by atoms with Gasteiger partial charge in [-0.3, -0.25) is 14.9 Å². The molecular formula is C20H24N4O3. The summed E-state index contributed by atoms with van der Waals surface area (Å²) in [4.78, 5) is 33.7. The molecule has 0 aliphatic heterocycles. The Bertz CT molecular complexity index is 987. The smallest absolute Gasteiger partial charge is 0.271 e. The van der Waals surface area contributed by atoms with E-state index in [4.69, 9.17) is 9.97 Å². The molecule has 2 unspecified atom stereocenters. The van der Waals surface area contributed by atoms with Gasteiger partial charge in [-0.2, -0.15) is 0 Å². The van der Waals surface area contributed by atoms with Crippen LogP contribution in [0.1, 0.15) is 58.3 Å². The zero-order valence-corrected chi connectivity index (χ0v) is 16.1. The number of nitrogens with zero attached hydrogens (tertiary/aromatic N) is 3. The molecule has 0 spiro atoms. The number of benzene rings is 1. The molecule has 142 valence electrons. The van der Waals surface area contributed by atoms with Gasteiger partial charge in [-0.1, -0.05) is 27.7 Å². The number of carbonyl (C=O) groups excluding carboxylic acids is 1. The molecule has 27 heavy (non-hydrogen) atoms. The van der Waals surface area contributed by atoms with E-state index in [1.54, 1.807) is 6.07 Å². The molecule has 1 aromatic heterocycles. The van der Waals surface area contributed by atoms with Crippen LogP contribution in [0.3, 0.4) is 0 Å². The summed E-state index contributed by atoms with van der Waals surface area (Å²) < 4.78 is 0. The van der Waals surface area contributed by atoms with E-state index in [1.165, 1.54) is 12.1 Å². The number of aromatic nitrogens is 2. The summed E-state index contributed by atoms with van der Waals surface area (Å²) in [6, 6.07) is 4.54. The summed E-state index contributed by atoms with van der Waals surface area (Å²) in [5.74, 6) is -0.00379. The van der Waals surface area contributed by atoms with Gasteiger partial charge in [0.05, 0.1) is 32.8 Å². The second kappa shape index (κ2) is 5.47. The molecule has 1 aromatic carbocycles. The first kappa shape index (κ1) is 17.8. The number of fused-ring (bicyclic) bond motifs is 6. The molecule has 4 rings (SSSR count). The van der Waals surface area contributed by atoms with Gasteiger partial charge >= 0.3 is 0 Å². The lowest BCUT2D eigenvalue weighted by Gasteiger charge is -2.39. The third kappa shape index (κ3) is 2.00. The van der Waals surface area contributed by atoms with Gasteiger partial charge in [-0.25, -0.2) is 9.97 Å².